The van der Waals surface area contributed by atoms with Crippen LogP contribution in [-0.4, -0.2) is 41.6 Å². The monoisotopic (exact) mass is 291 g/mol. The molecule has 1 atom stereocenters. The maximum Gasteiger partial charge on any atom is 0.342 e. The Morgan fingerprint density at radius 1 is 1.43 bits per heavy atom. The van der Waals surface area contributed by atoms with E-state index in [4.69, 9.17) is 4.74 Å². The van der Waals surface area contributed by atoms with Gasteiger partial charge in [0.2, 0.25) is 0 Å². The van der Waals surface area contributed by atoms with Gasteiger partial charge >= 0.3 is 5.97 Å². The third kappa shape index (κ3) is 3.74. The number of rotatable bonds is 3. The standard InChI is InChI=1S/C16H21NO4/c1-11-5-4-8-17(9-11)14(18)10-21-16(20)13-7-3-6-12(2)15(13)19/h3,6-7,11,19H,4-5,8-10H2,1-2H3/t11-/m1/s1. The molecule has 0 bridgehead atoms. The highest BCUT2D eigenvalue weighted by Crippen LogP contribution is 2.22. The van der Waals surface area contributed by atoms with E-state index in [1.165, 1.54) is 6.07 Å². The fraction of sp³-hybridized carbons (Fsp3) is 0.500. The average molecular weight is 291 g/mol. The molecule has 0 saturated carbocycles. The zero-order chi connectivity index (χ0) is 15.4. The smallest absolute Gasteiger partial charge is 0.342 e. The van der Waals surface area contributed by atoms with Crippen LogP contribution in [-0.2, 0) is 9.53 Å². The van der Waals surface area contributed by atoms with Crippen LogP contribution in [0.15, 0.2) is 18.2 Å². The summed E-state index contributed by atoms with van der Waals surface area (Å²) in [5.74, 6) is -0.461. The molecule has 1 aromatic carbocycles. The SMILES string of the molecule is Cc1cccc(C(=O)OCC(=O)N2CCC[C@@H](C)C2)c1O. The zero-order valence-electron chi connectivity index (χ0n) is 12.5. The molecule has 0 aromatic heterocycles. The Labute approximate surface area is 124 Å². The molecule has 1 aliphatic rings. The van der Waals surface area contributed by atoms with Gasteiger partial charge in [-0.25, -0.2) is 4.79 Å². The van der Waals surface area contributed by atoms with E-state index in [-0.39, 0.29) is 23.8 Å². The summed E-state index contributed by atoms with van der Waals surface area (Å²) in [6.45, 7) is 4.96. The minimum Gasteiger partial charge on any atom is -0.507 e. The molecule has 1 amide bonds. The van der Waals surface area contributed by atoms with E-state index in [2.05, 4.69) is 6.92 Å². The fourth-order valence-corrected chi connectivity index (χ4v) is 2.54. The van der Waals surface area contributed by atoms with Crippen molar-refractivity contribution >= 4 is 11.9 Å². The number of hydrogen-bond donors (Lipinski definition) is 1. The van der Waals surface area contributed by atoms with E-state index in [0.717, 1.165) is 19.4 Å². The van der Waals surface area contributed by atoms with Gasteiger partial charge in [0.1, 0.15) is 11.3 Å². The Morgan fingerprint density at radius 3 is 2.90 bits per heavy atom. The second-order valence-corrected chi connectivity index (χ2v) is 5.63. The number of hydrogen-bond acceptors (Lipinski definition) is 4. The number of phenolic OH excluding ortho intramolecular Hbond substituents is 1. The molecular weight excluding hydrogens is 270 g/mol. The predicted molar refractivity (Wildman–Crippen MR) is 78.1 cm³/mol. The number of amides is 1. The average Bonchev–Trinajstić information content (AvgIpc) is 2.47. The van der Waals surface area contributed by atoms with Crippen molar-refractivity contribution < 1.29 is 19.4 Å². The lowest BCUT2D eigenvalue weighted by atomic mass is 10.0. The Kier molecular flexibility index (Phi) is 4.83. The predicted octanol–water partition coefficient (Wildman–Crippen LogP) is 2.12. The van der Waals surface area contributed by atoms with Crippen LogP contribution in [0.4, 0.5) is 0 Å². The Balaban J connectivity index is 1.91. The molecule has 0 unspecified atom stereocenters. The van der Waals surface area contributed by atoms with E-state index in [0.29, 0.717) is 18.0 Å². The quantitative estimate of drug-likeness (QED) is 0.866. The number of esters is 1. The van der Waals surface area contributed by atoms with E-state index < -0.39 is 5.97 Å². The third-order valence-electron chi connectivity index (χ3n) is 3.79. The van der Waals surface area contributed by atoms with E-state index in [1.807, 2.05) is 0 Å². The van der Waals surface area contributed by atoms with Crippen molar-refractivity contribution in [2.24, 2.45) is 5.92 Å². The van der Waals surface area contributed by atoms with E-state index >= 15 is 0 Å². The first-order chi connectivity index (χ1) is 9.99. The van der Waals surface area contributed by atoms with Crippen molar-refractivity contribution in [3.63, 3.8) is 0 Å². The first-order valence-corrected chi connectivity index (χ1v) is 7.22. The normalized spacial score (nSPS) is 18.4. The number of phenols is 1. The molecular formula is C16H21NO4. The molecule has 1 aromatic rings. The lowest BCUT2D eigenvalue weighted by molar-refractivity contribution is -0.136. The van der Waals surface area contributed by atoms with Crippen LogP contribution in [0.3, 0.4) is 0 Å². The van der Waals surface area contributed by atoms with Crippen LogP contribution in [0.2, 0.25) is 0 Å². The lowest BCUT2D eigenvalue weighted by Crippen LogP contribution is -2.41. The maximum absolute atomic E-state index is 12.0. The van der Waals surface area contributed by atoms with Gasteiger partial charge in [0, 0.05) is 13.1 Å². The minimum absolute atomic E-state index is 0.0924. The highest BCUT2D eigenvalue weighted by Gasteiger charge is 2.22. The van der Waals surface area contributed by atoms with Crippen LogP contribution in [0.1, 0.15) is 35.7 Å². The molecule has 1 heterocycles. The fourth-order valence-electron chi connectivity index (χ4n) is 2.54. The first-order valence-electron chi connectivity index (χ1n) is 7.22. The number of aryl methyl sites for hydroxylation is 1. The number of para-hydroxylation sites is 1. The maximum atomic E-state index is 12.0. The van der Waals surface area contributed by atoms with Gasteiger partial charge in [-0.1, -0.05) is 19.1 Å². The van der Waals surface area contributed by atoms with Gasteiger partial charge in [0.15, 0.2) is 6.61 Å². The largest absolute Gasteiger partial charge is 0.507 e. The first kappa shape index (κ1) is 15.4. The summed E-state index contributed by atoms with van der Waals surface area (Å²) < 4.78 is 5.02. The summed E-state index contributed by atoms with van der Waals surface area (Å²) in [4.78, 5) is 25.7. The molecule has 0 aliphatic carbocycles. The number of nitrogens with zero attached hydrogens (tertiary/aromatic N) is 1. The molecule has 5 nitrogen and oxygen atoms in total. The summed E-state index contributed by atoms with van der Waals surface area (Å²) in [6.07, 6.45) is 2.11. The van der Waals surface area contributed by atoms with Crippen molar-refractivity contribution in [1.82, 2.24) is 4.90 Å². The number of piperidine rings is 1. The molecule has 5 heteroatoms. The molecule has 0 radical (unpaired) electrons. The minimum atomic E-state index is -0.672. The zero-order valence-corrected chi connectivity index (χ0v) is 12.5. The van der Waals surface area contributed by atoms with Crippen molar-refractivity contribution in [2.45, 2.75) is 26.7 Å². The van der Waals surface area contributed by atoms with Crippen molar-refractivity contribution in [3.8, 4) is 5.75 Å². The van der Waals surface area contributed by atoms with Crippen LogP contribution in [0.25, 0.3) is 0 Å². The third-order valence-corrected chi connectivity index (χ3v) is 3.79. The molecule has 2 rings (SSSR count). The van der Waals surface area contributed by atoms with Gasteiger partial charge in [-0.15, -0.1) is 0 Å². The van der Waals surface area contributed by atoms with Crippen LogP contribution in [0, 0.1) is 12.8 Å². The van der Waals surface area contributed by atoms with Gasteiger partial charge in [0.05, 0.1) is 0 Å². The highest BCUT2D eigenvalue weighted by atomic mass is 16.5. The molecule has 1 fully saturated rings. The molecule has 1 N–H and O–H groups in total. The molecule has 1 aliphatic heterocycles. The summed E-state index contributed by atoms with van der Waals surface area (Å²) in [6, 6.07) is 4.85. The van der Waals surface area contributed by atoms with Crippen LogP contribution in [0.5, 0.6) is 5.75 Å². The van der Waals surface area contributed by atoms with Gasteiger partial charge in [0.25, 0.3) is 5.91 Å². The van der Waals surface area contributed by atoms with Crippen LogP contribution < -0.4 is 0 Å². The molecule has 1 saturated heterocycles. The number of carbonyl (C=O) groups excluding carboxylic acids is 2. The van der Waals surface area contributed by atoms with E-state index in [1.54, 1.807) is 24.0 Å². The Hall–Kier alpha value is -2.04. The number of benzene rings is 1. The number of aromatic hydroxyl groups is 1. The van der Waals surface area contributed by atoms with Crippen molar-refractivity contribution in [1.29, 1.82) is 0 Å². The van der Waals surface area contributed by atoms with Crippen molar-refractivity contribution in [3.05, 3.63) is 29.3 Å². The summed E-state index contributed by atoms with van der Waals surface area (Å²) in [5.41, 5.74) is 0.690. The highest BCUT2D eigenvalue weighted by molar-refractivity contribution is 5.94. The second kappa shape index (κ2) is 6.61. The van der Waals surface area contributed by atoms with E-state index in [9.17, 15) is 14.7 Å². The topological polar surface area (TPSA) is 66.8 Å². The second-order valence-electron chi connectivity index (χ2n) is 5.63. The van der Waals surface area contributed by atoms with Gasteiger partial charge in [-0.2, -0.15) is 0 Å². The lowest BCUT2D eigenvalue weighted by Gasteiger charge is -2.30. The summed E-state index contributed by atoms with van der Waals surface area (Å²) >= 11 is 0. The number of ether oxygens (including phenoxy) is 1. The Bertz CT molecular complexity index is 541. The van der Waals surface area contributed by atoms with Gasteiger partial charge in [-0.3, -0.25) is 4.79 Å². The number of carbonyl (C=O) groups is 2. The molecule has 0 spiro atoms. The van der Waals surface area contributed by atoms with Gasteiger partial charge < -0.3 is 14.7 Å². The van der Waals surface area contributed by atoms with Crippen LogP contribution >= 0.6 is 0 Å². The molecule has 114 valence electrons. The Morgan fingerprint density at radius 2 is 2.19 bits per heavy atom. The summed E-state index contributed by atoms with van der Waals surface area (Å²) in [7, 11) is 0. The van der Waals surface area contributed by atoms with Gasteiger partial charge in [-0.05, 0) is 37.3 Å². The number of likely N-dealkylation sites (tertiary alicyclic amines) is 1. The summed E-state index contributed by atoms with van der Waals surface area (Å²) in [5, 5.41) is 9.82. The molecule has 21 heavy (non-hydrogen) atoms. The van der Waals surface area contributed by atoms with Crippen molar-refractivity contribution in [2.75, 3.05) is 19.7 Å².